The molecule has 0 spiro atoms. The Morgan fingerprint density at radius 1 is 1.03 bits per heavy atom. The van der Waals surface area contributed by atoms with E-state index in [1.807, 2.05) is 37.3 Å². The largest absolute Gasteiger partial charge is 0.466 e. The molecule has 0 unspecified atom stereocenters. The minimum Gasteiger partial charge on any atom is -0.466 e. The summed E-state index contributed by atoms with van der Waals surface area (Å²) in [6.45, 7) is 2.24. The SMILES string of the molecule is CCCOC(=O)CCC(=O)NC(=S)Nc1cccc(C(=O)N(C)c2ccccc2)c1. The molecule has 158 valence electrons. The van der Waals surface area contributed by atoms with Crippen molar-refractivity contribution in [2.45, 2.75) is 26.2 Å². The second kappa shape index (κ2) is 11.7. The molecule has 0 heterocycles. The normalized spacial score (nSPS) is 10.1. The molecule has 2 aromatic rings. The summed E-state index contributed by atoms with van der Waals surface area (Å²) in [6, 6.07) is 16.1. The van der Waals surface area contributed by atoms with Gasteiger partial charge in [0.25, 0.3) is 5.91 Å². The van der Waals surface area contributed by atoms with Crippen LogP contribution in [0.4, 0.5) is 11.4 Å². The average Bonchev–Trinajstić information content (AvgIpc) is 2.75. The Bertz CT molecular complexity index is 902. The van der Waals surface area contributed by atoms with E-state index in [0.29, 0.717) is 17.9 Å². The maximum Gasteiger partial charge on any atom is 0.306 e. The van der Waals surface area contributed by atoms with Gasteiger partial charge in [-0.25, -0.2) is 0 Å². The van der Waals surface area contributed by atoms with Crippen LogP contribution in [-0.4, -0.2) is 36.6 Å². The lowest BCUT2D eigenvalue weighted by molar-refractivity contribution is -0.144. The van der Waals surface area contributed by atoms with Crippen LogP contribution < -0.4 is 15.5 Å². The zero-order valence-electron chi connectivity index (χ0n) is 17.0. The number of benzene rings is 2. The van der Waals surface area contributed by atoms with E-state index in [1.165, 1.54) is 0 Å². The van der Waals surface area contributed by atoms with Crippen LogP contribution in [0.1, 0.15) is 36.5 Å². The van der Waals surface area contributed by atoms with Gasteiger partial charge in [-0.1, -0.05) is 31.2 Å². The van der Waals surface area contributed by atoms with Crippen molar-refractivity contribution in [1.82, 2.24) is 5.32 Å². The monoisotopic (exact) mass is 427 g/mol. The molecule has 0 radical (unpaired) electrons. The lowest BCUT2D eigenvalue weighted by Gasteiger charge is -2.18. The number of hydrogen-bond donors (Lipinski definition) is 2. The van der Waals surface area contributed by atoms with Crippen LogP contribution in [0.5, 0.6) is 0 Å². The Kier molecular flexibility index (Phi) is 8.96. The van der Waals surface area contributed by atoms with Crippen molar-refractivity contribution in [3.05, 3.63) is 60.2 Å². The number of para-hydroxylation sites is 1. The van der Waals surface area contributed by atoms with E-state index in [4.69, 9.17) is 17.0 Å². The maximum atomic E-state index is 12.7. The topological polar surface area (TPSA) is 87.7 Å². The Morgan fingerprint density at radius 3 is 2.47 bits per heavy atom. The summed E-state index contributed by atoms with van der Waals surface area (Å²) in [4.78, 5) is 37.7. The molecule has 2 aromatic carbocycles. The predicted octanol–water partition coefficient (Wildman–Crippen LogP) is 3.51. The number of anilines is 2. The van der Waals surface area contributed by atoms with Crippen LogP contribution in [0, 0.1) is 0 Å². The average molecular weight is 428 g/mol. The number of thiocarbonyl (C=S) groups is 1. The molecule has 0 saturated heterocycles. The molecular formula is C22H25N3O4S. The van der Waals surface area contributed by atoms with Gasteiger partial charge in [-0.3, -0.25) is 14.4 Å². The zero-order valence-corrected chi connectivity index (χ0v) is 17.8. The summed E-state index contributed by atoms with van der Waals surface area (Å²) in [5.74, 6) is -0.984. The van der Waals surface area contributed by atoms with Crippen LogP contribution in [-0.2, 0) is 14.3 Å². The van der Waals surface area contributed by atoms with Crippen molar-refractivity contribution in [2.24, 2.45) is 0 Å². The van der Waals surface area contributed by atoms with E-state index in [2.05, 4.69) is 10.6 Å². The standard InChI is InChI=1S/C22H25N3O4S/c1-3-14-29-20(27)13-12-19(26)24-22(30)23-17-9-7-8-16(15-17)21(28)25(2)18-10-5-4-6-11-18/h4-11,15H,3,12-14H2,1-2H3,(H2,23,24,26,30). The summed E-state index contributed by atoms with van der Waals surface area (Å²) in [5, 5.41) is 5.48. The summed E-state index contributed by atoms with van der Waals surface area (Å²) < 4.78 is 4.93. The number of nitrogens with one attached hydrogen (secondary N) is 2. The van der Waals surface area contributed by atoms with Gasteiger partial charge < -0.3 is 20.3 Å². The lowest BCUT2D eigenvalue weighted by Crippen LogP contribution is -2.34. The molecule has 0 aromatic heterocycles. The van der Waals surface area contributed by atoms with Crippen LogP contribution in [0.25, 0.3) is 0 Å². The third-order valence-corrected chi connectivity index (χ3v) is 4.30. The van der Waals surface area contributed by atoms with Crippen molar-refractivity contribution < 1.29 is 19.1 Å². The predicted molar refractivity (Wildman–Crippen MR) is 120 cm³/mol. The molecule has 30 heavy (non-hydrogen) atoms. The molecule has 0 atom stereocenters. The van der Waals surface area contributed by atoms with Crippen LogP contribution in [0.15, 0.2) is 54.6 Å². The van der Waals surface area contributed by atoms with Gasteiger partial charge in [0, 0.05) is 30.4 Å². The van der Waals surface area contributed by atoms with Gasteiger partial charge in [0.15, 0.2) is 5.11 Å². The van der Waals surface area contributed by atoms with Gasteiger partial charge in [0.1, 0.15) is 0 Å². The quantitative estimate of drug-likeness (QED) is 0.495. The van der Waals surface area contributed by atoms with Crippen molar-refractivity contribution in [2.75, 3.05) is 23.9 Å². The molecule has 8 heteroatoms. The van der Waals surface area contributed by atoms with Gasteiger partial charge in [0.05, 0.1) is 13.0 Å². The van der Waals surface area contributed by atoms with E-state index in [0.717, 1.165) is 12.1 Å². The van der Waals surface area contributed by atoms with E-state index < -0.39 is 11.9 Å². The third kappa shape index (κ3) is 7.29. The van der Waals surface area contributed by atoms with Gasteiger partial charge in [-0.2, -0.15) is 0 Å². The second-order valence-electron chi connectivity index (χ2n) is 6.50. The van der Waals surface area contributed by atoms with Gasteiger partial charge in [-0.15, -0.1) is 0 Å². The van der Waals surface area contributed by atoms with E-state index in [-0.39, 0.29) is 23.9 Å². The number of ether oxygens (including phenoxy) is 1. The van der Waals surface area contributed by atoms with E-state index >= 15 is 0 Å². The summed E-state index contributed by atoms with van der Waals surface area (Å²) in [7, 11) is 1.70. The van der Waals surface area contributed by atoms with Crippen LogP contribution >= 0.6 is 12.2 Å². The van der Waals surface area contributed by atoms with Gasteiger partial charge in [0.2, 0.25) is 5.91 Å². The Morgan fingerprint density at radius 2 is 1.77 bits per heavy atom. The minimum atomic E-state index is -0.417. The number of carbonyl (C=O) groups excluding carboxylic acids is 3. The highest BCUT2D eigenvalue weighted by Crippen LogP contribution is 2.17. The maximum absolute atomic E-state index is 12.7. The number of carbonyl (C=O) groups is 3. The minimum absolute atomic E-state index is 0.00967. The summed E-state index contributed by atoms with van der Waals surface area (Å²) in [5.41, 5.74) is 1.82. The molecule has 7 nitrogen and oxygen atoms in total. The molecule has 2 rings (SSSR count). The first-order valence-corrected chi connectivity index (χ1v) is 10.0. The van der Waals surface area contributed by atoms with E-state index in [9.17, 15) is 14.4 Å². The van der Waals surface area contributed by atoms with Crippen molar-refractivity contribution in [1.29, 1.82) is 0 Å². The Hall–Kier alpha value is -3.26. The van der Waals surface area contributed by atoms with Crippen molar-refractivity contribution in [3.8, 4) is 0 Å². The first-order valence-electron chi connectivity index (χ1n) is 9.60. The molecule has 2 amide bonds. The third-order valence-electron chi connectivity index (χ3n) is 4.09. The number of nitrogens with zero attached hydrogens (tertiary/aromatic N) is 1. The first-order chi connectivity index (χ1) is 14.4. The Labute approximate surface area is 181 Å². The van der Waals surface area contributed by atoms with Crippen LogP contribution in [0.3, 0.4) is 0 Å². The fraction of sp³-hybridized carbons (Fsp3) is 0.273. The fourth-order valence-electron chi connectivity index (χ4n) is 2.55. The molecule has 0 aliphatic carbocycles. The highest BCUT2D eigenvalue weighted by atomic mass is 32.1. The molecule has 2 N–H and O–H groups in total. The van der Waals surface area contributed by atoms with Crippen molar-refractivity contribution in [3.63, 3.8) is 0 Å². The number of esters is 1. The van der Waals surface area contributed by atoms with E-state index in [1.54, 1.807) is 36.2 Å². The molecular weight excluding hydrogens is 402 g/mol. The molecule has 0 fully saturated rings. The van der Waals surface area contributed by atoms with Crippen LogP contribution in [0.2, 0.25) is 0 Å². The smallest absolute Gasteiger partial charge is 0.306 e. The second-order valence-corrected chi connectivity index (χ2v) is 6.91. The first kappa shape index (κ1) is 23.0. The molecule has 0 bridgehead atoms. The highest BCUT2D eigenvalue weighted by molar-refractivity contribution is 7.80. The van der Waals surface area contributed by atoms with Gasteiger partial charge in [-0.05, 0) is 49.0 Å². The fourth-order valence-corrected chi connectivity index (χ4v) is 2.78. The molecule has 0 aliphatic rings. The zero-order chi connectivity index (χ0) is 21.9. The summed E-state index contributed by atoms with van der Waals surface area (Å²) >= 11 is 5.14. The van der Waals surface area contributed by atoms with Gasteiger partial charge >= 0.3 is 5.97 Å². The lowest BCUT2D eigenvalue weighted by atomic mass is 10.1. The number of rotatable bonds is 8. The number of hydrogen-bond acceptors (Lipinski definition) is 5. The summed E-state index contributed by atoms with van der Waals surface area (Å²) in [6.07, 6.45) is 0.698. The Balaban J connectivity index is 1.90. The molecule has 0 aliphatic heterocycles. The van der Waals surface area contributed by atoms with Crippen molar-refractivity contribution >= 4 is 46.5 Å². The highest BCUT2D eigenvalue weighted by Gasteiger charge is 2.14. The molecule has 0 saturated carbocycles. The number of amides is 2.